The van der Waals surface area contributed by atoms with Crippen LogP contribution in [0, 0.1) is 0 Å². The summed E-state index contributed by atoms with van der Waals surface area (Å²) in [6.07, 6.45) is 5.53. The summed E-state index contributed by atoms with van der Waals surface area (Å²) in [6.45, 7) is 6.00. The van der Waals surface area contributed by atoms with Gasteiger partial charge >= 0.3 is 0 Å². The van der Waals surface area contributed by atoms with Crippen molar-refractivity contribution in [3.63, 3.8) is 0 Å². The number of fused-ring (bicyclic) bond motifs is 3. The Balaban J connectivity index is 2.14. The summed E-state index contributed by atoms with van der Waals surface area (Å²) in [7, 11) is 0. The number of thiophene rings is 1. The molecule has 3 rings (SSSR count). The van der Waals surface area contributed by atoms with Gasteiger partial charge in [0, 0.05) is 10.6 Å². The molecule has 1 atom stereocenters. The zero-order valence-corrected chi connectivity index (χ0v) is 12.6. The average Bonchev–Trinajstić information content (AvgIpc) is 2.76. The monoisotopic (exact) mass is 291 g/mol. The molecule has 2 N–H and O–H groups in total. The van der Waals surface area contributed by atoms with Crippen molar-refractivity contribution in [3.05, 3.63) is 23.1 Å². The van der Waals surface area contributed by atoms with Crippen LogP contribution < -0.4 is 5.73 Å². The molecule has 0 radical (unpaired) electrons. The number of rotatable bonds is 3. The molecule has 0 aliphatic heterocycles. The molecule has 0 bridgehead atoms. The second kappa shape index (κ2) is 5.13. The molecule has 2 aromatic heterocycles. The van der Waals surface area contributed by atoms with E-state index in [1.807, 2.05) is 6.08 Å². The first-order valence-corrected chi connectivity index (χ1v) is 8.33. The highest BCUT2D eigenvalue weighted by Crippen LogP contribution is 2.43. The molecule has 1 aliphatic rings. The van der Waals surface area contributed by atoms with Crippen LogP contribution in [0.2, 0.25) is 0 Å². The third-order valence-electron chi connectivity index (χ3n) is 3.54. The maximum absolute atomic E-state index is 6.18. The zero-order valence-electron chi connectivity index (χ0n) is 11.0. The van der Waals surface area contributed by atoms with Crippen LogP contribution >= 0.6 is 23.1 Å². The molecule has 0 unspecified atom stereocenters. The van der Waals surface area contributed by atoms with E-state index < -0.39 is 0 Å². The van der Waals surface area contributed by atoms with Gasteiger partial charge in [0.05, 0.1) is 5.39 Å². The van der Waals surface area contributed by atoms with Crippen LogP contribution in [0.25, 0.3) is 10.2 Å². The molecular formula is C14H17N3S2. The molecule has 0 fully saturated rings. The molecule has 2 heterocycles. The molecule has 19 heavy (non-hydrogen) atoms. The minimum absolute atomic E-state index is 0.579. The predicted molar refractivity (Wildman–Crippen MR) is 84.1 cm³/mol. The fraction of sp³-hybridized carbons (Fsp3) is 0.429. The Labute approximate surface area is 121 Å². The lowest BCUT2D eigenvalue weighted by Gasteiger charge is -2.18. The molecule has 0 amide bonds. The highest BCUT2D eigenvalue weighted by molar-refractivity contribution is 7.99. The Morgan fingerprint density at radius 2 is 2.37 bits per heavy atom. The van der Waals surface area contributed by atoms with E-state index in [4.69, 9.17) is 5.73 Å². The van der Waals surface area contributed by atoms with E-state index >= 15 is 0 Å². The predicted octanol–water partition coefficient (Wildman–Crippen LogP) is 3.99. The van der Waals surface area contributed by atoms with Crippen LogP contribution in [0.15, 0.2) is 17.8 Å². The van der Waals surface area contributed by atoms with Crippen LogP contribution in [-0.4, -0.2) is 15.7 Å². The highest BCUT2D eigenvalue weighted by Gasteiger charge is 2.24. The molecule has 5 heteroatoms. The lowest BCUT2D eigenvalue weighted by Crippen LogP contribution is -2.05. The van der Waals surface area contributed by atoms with E-state index in [9.17, 15) is 0 Å². The van der Waals surface area contributed by atoms with Gasteiger partial charge in [-0.1, -0.05) is 24.8 Å². The van der Waals surface area contributed by atoms with Crippen LogP contribution in [0.5, 0.6) is 0 Å². The van der Waals surface area contributed by atoms with Crippen LogP contribution in [-0.2, 0) is 6.42 Å². The van der Waals surface area contributed by atoms with Gasteiger partial charge in [0.25, 0.3) is 0 Å². The minimum Gasteiger partial charge on any atom is -0.383 e. The van der Waals surface area contributed by atoms with Crippen molar-refractivity contribution in [2.75, 3.05) is 11.5 Å². The third-order valence-corrected chi connectivity index (χ3v) is 5.54. The summed E-state index contributed by atoms with van der Waals surface area (Å²) in [5.74, 6) is 2.03. The van der Waals surface area contributed by atoms with Gasteiger partial charge in [0.2, 0.25) is 0 Å². The van der Waals surface area contributed by atoms with Gasteiger partial charge in [-0.2, -0.15) is 0 Å². The van der Waals surface area contributed by atoms with Crippen molar-refractivity contribution in [1.29, 1.82) is 0 Å². The van der Waals surface area contributed by atoms with Crippen molar-refractivity contribution in [3.8, 4) is 0 Å². The van der Waals surface area contributed by atoms with Gasteiger partial charge in [0.15, 0.2) is 5.16 Å². The largest absolute Gasteiger partial charge is 0.383 e. The van der Waals surface area contributed by atoms with Crippen LogP contribution in [0.4, 0.5) is 5.82 Å². The van der Waals surface area contributed by atoms with Crippen molar-refractivity contribution in [1.82, 2.24) is 9.97 Å². The standard InChI is InChI=1S/C14H17N3S2/c1-3-7-18-14-16-12(15)11-10-8(2)5-4-6-9(10)19-13(11)17-14/h3,8H,1,4-7H2,2H3,(H2,15,16,17)/t8-/m0/s1. The Bertz CT molecular complexity index is 633. The lowest BCUT2D eigenvalue weighted by atomic mass is 9.87. The Hall–Kier alpha value is -1.07. The number of anilines is 1. The van der Waals surface area contributed by atoms with E-state index in [1.165, 1.54) is 23.3 Å². The maximum atomic E-state index is 6.18. The second-order valence-corrected chi connectivity index (χ2v) is 6.97. The molecule has 3 nitrogen and oxygen atoms in total. The summed E-state index contributed by atoms with van der Waals surface area (Å²) in [4.78, 5) is 11.6. The summed E-state index contributed by atoms with van der Waals surface area (Å²) >= 11 is 3.38. The highest BCUT2D eigenvalue weighted by atomic mass is 32.2. The van der Waals surface area contributed by atoms with E-state index in [-0.39, 0.29) is 0 Å². The third kappa shape index (κ3) is 2.25. The average molecular weight is 291 g/mol. The van der Waals surface area contributed by atoms with Crippen molar-refractivity contribution in [2.24, 2.45) is 0 Å². The first-order valence-electron chi connectivity index (χ1n) is 6.53. The number of nitrogens with zero attached hydrogens (tertiary/aromatic N) is 2. The normalized spacial score (nSPS) is 18.5. The van der Waals surface area contributed by atoms with E-state index in [1.54, 1.807) is 23.1 Å². The molecule has 0 saturated heterocycles. The topological polar surface area (TPSA) is 51.8 Å². The summed E-state index contributed by atoms with van der Waals surface area (Å²) in [5.41, 5.74) is 7.58. The van der Waals surface area contributed by atoms with Crippen molar-refractivity contribution < 1.29 is 0 Å². The van der Waals surface area contributed by atoms with Gasteiger partial charge in [-0.05, 0) is 30.7 Å². The molecule has 1 aliphatic carbocycles. The number of thioether (sulfide) groups is 1. The molecule has 0 aromatic carbocycles. The number of nitrogens with two attached hydrogens (primary N) is 1. The SMILES string of the molecule is C=CCSc1nc(N)c2c3c(sc2n1)CCC[C@@H]3C. The van der Waals surface area contributed by atoms with E-state index in [0.717, 1.165) is 27.5 Å². The van der Waals surface area contributed by atoms with Crippen LogP contribution in [0.3, 0.4) is 0 Å². The summed E-state index contributed by atoms with van der Waals surface area (Å²) < 4.78 is 0. The zero-order chi connectivity index (χ0) is 13.4. The number of aromatic nitrogens is 2. The molecule has 0 saturated carbocycles. The van der Waals surface area contributed by atoms with Gasteiger partial charge in [-0.25, -0.2) is 9.97 Å². The van der Waals surface area contributed by atoms with Gasteiger partial charge in [-0.15, -0.1) is 17.9 Å². The van der Waals surface area contributed by atoms with Gasteiger partial charge < -0.3 is 5.73 Å². The summed E-state index contributed by atoms with van der Waals surface area (Å²) in [5, 5.41) is 1.87. The van der Waals surface area contributed by atoms with E-state index in [0.29, 0.717) is 11.7 Å². The first-order chi connectivity index (χ1) is 9.20. The van der Waals surface area contributed by atoms with Gasteiger partial charge in [-0.3, -0.25) is 0 Å². The Kier molecular flexibility index (Phi) is 3.50. The number of aryl methyl sites for hydroxylation is 1. The molecular weight excluding hydrogens is 274 g/mol. The molecule has 2 aromatic rings. The smallest absolute Gasteiger partial charge is 0.191 e. The Morgan fingerprint density at radius 3 is 3.16 bits per heavy atom. The molecule has 0 spiro atoms. The van der Waals surface area contributed by atoms with E-state index in [2.05, 4.69) is 23.5 Å². The Morgan fingerprint density at radius 1 is 1.53 bits per heavy atom. The van der Waals surface area contributed by atoms with Gasteiger partial charge in [0.1, 0.15) is 10.6 Å². The quantitative estimate of drug-likeness (QED) is 0.528. The molecule has 100 valence electrons. The van der Waals surface area contributed by atoms with Crippen LogP contribution in [0.1, 0.15) is 36.1 Å². The second-order valence-electron chi connectivity index (χ2n) is 4.90. The summed E-state index contributed by atoms with van der Waals surface area (Å²) in [6, 6.07) is 0. The fourth-order valence-corrected chi connectivity index (χ4v) is 4.68. The van der Waals surface area contributed by atoms with Crippen molar-refractivity contribution >= 4 is 39.1 Å². The van der Waals surface area contributed by atoms with Crippen molar-refractivity contribution in [2.45, 2.75) is 37.3 Å². The first kappa shape index (κ1) is 12.9. The maximum Gasteiger partial charge on any atom is 0.191 e. The number of hydrogen-bond acceptors (Lipinski definition) is 5. The fourth-order valence-electron chi connectivity index (χ4n) is 2.69. The number of hydrogen-bond donors (Lipinski definition) is 1. The minimum atomic E-state index is 0.579. The lowest BCUT2D eigenvalue weighted by molar-refractivity contribution is 0.602. The number of nitrogen functional groups attached to an aromatic ring is 1.